The van der Waals surface area contributed by atoms with Crippen LogP contribution in [0.15, 0.2) is 6.07 Å². The zero-order chi connectivity index (χ0) is 12.7. The number of nitrogens with zero attached hydrogens (tertiary/aromatic N) is 2. The lowest BCUT2D eigenvalue weighted by molar-refractivity contribution is 0.326. The summed E-state index contributed by atoms with van der Waals surface area (Å²) in [5, 5.41) is 3.10. The van der Waals surface area contributed by atoms with Gasteiger partial charge in [-0.25, -0.2) is 4.98 Å². The predicted molar refractivity (Wildman–Crippen MR) is 70.0 cm³/mol. The molecule has 5 nitrogen and oxygen atoms in total. The SMILES string of the molecule is CCOc1cc(C)nc(NCCCS(C)=O)n1. The number of ether oxygens (including phenoxy) is 1. The normalized spacial score (nSPS) is 12.2. The molecule has 1 unspecified atom stereocenters. The van der Waals surface area contributed by atoms with Gasteiger partial charge in [0.2, 0.25) is 11.8 Å². The van der Waals surface area contributed by atoms with Gasteiger partial charge in [-0.15, -0.1) is 0 Å². The number of aryl methyl sites for hydroxylation is 1. The van der Waals surface area contributed by atoms with Crippen LogP contribution in [-0.2, 0) is 10.8 Å². The Labute approximate surface area is 104 Å². The van der Waals surface area contributed by atoms with Crippen molar-refractivity contribution in [3.05, 3.63) is 11.8 Å². The van der Waals surface area contributed by atoms with Crippen LogP contribution in [0.4, 0.5) is 5.95 Å². The second-order valence-corrected chi connectivity index (χ2v) is 5.22. The number of rotatable bonds is 7. The van der Waals surface area contributed by atoms with Gasteiger partial charge in [-0.05, 0) is 20.3 Å². The zero-order valence-corrected chi connectivity index (χ0v) is 11.3. The fraction of sp³-hybridized carbons (Fsp3) is 0.636. The summed E-state index contributed by atoms with van der Waals surface area (Å²) in [6.45, 7) is 5.12. The number of hydrogen-bond donors (Lipinski definition) is 1. The largest absolute Gasteiger partial charge is 0.478 e. The molecule has 0 amide bonds. The molecular weight excluding hydrogens is 238 g/mol. The molecule has 1 aromatic rings. The highest BCUT2D eigenvalue weighted by Crippen LogP contribution is 2.11. The summed E-state index contributed by atoms with van der Waals surface area (Å²) in [5.74, 6) is 1.84. The van der Waals surface area contributed by atoms with Gasteiger partial charge in [0.15, 0.2) is 0 Å². The van der Waals surface area contributed by atoms with E-state index in [4.69, 9.17) is 4.74 Å². The van der Waals surface area contributed by atoms with Crippen LogP contribution in [0.5, 0.6) is 5.88 Å². The fourth-order valence-corrected chi connectivity index (χ4v) is 1.87. The van der Waals surface area contributed by atoms with E-state index in [-0.39, 0.29) is 0 Å². The molecule has 0 radical (unpaired) electrons. The molecule has 0 saturated heterocycles. The molecule has 6 heteroatoms. The molecule has 0 aliphatic carbocycles. The molecular formula is C11H19N3O2S. The second-order valence-electron chi connectivity index (χ2n) is 3.66. The molecule has 17 heavy (non-hydrogen) atoms. The molecule has 0 fully saturated rings. The number of anilines is 1. The van der Waals surface area contributed by atoms with E-state index >= 15 is 0 Å². The van der Waals surface area contributed by atoms with Crippen molar-refractivity contribution in [1.29, 1.82) is 0 Å². The lowest BCUT2D eigenvalue weighted by Gasteiger charge is -2.07. The average molecular weight is 257 g/mol. The van der Waals surface area contributed by atoms with Crippen LogP contribution in [-0.4, -0.2) is 39.3 Å². The van der Waals surface area contributed by atoms with Crippen molar-refractivity contribution >= 4 is 16.7 Å². The van der Waals surface area contributed by atoms with Gasteiger partial charge in [-0.1, -0.05) is 0 Å². The van der Waals surface area contributed by atoms with Crippen LogP contribution in [0.2, 0.25) is 0 Å². The minimum Gasteiger partial charge on any atom is -0.478 e. The van der Waals surface area contributed by atoms with E-state index in [9.17, 15) is 4.21 Å². The molecule has 0 spiro atoms. The maximum absolute atomic E-state index is 10.9. The van der Waals surface area contributed by atoms with Crippen LogP contribution in [0.25, 0.3) is 0 Å². The number of nitrogens with one attached hydrogen (secondary N) is 1. The molecule has 1 aromatic heterocycles. The molecule has 1 atom stereocenters. The van der Waals surface area contributed by atoms with Crippen LogP contribution in [0, 0.1) is 6.92 Å². The highest BCUT2D eigenvalue weighted by atomic mass is 32.2. The molecule has 0 aromatic carbocycles. The first-order valence-corrected chi connectivity index (χ1v) is 7.37. The monoisotopic (exact) mass is 257 g/mol. The molecule has 1 heterocycles. The van der Waals surface area contributed by atoms with Gasteiger partial charge in [0, 0.05) is 41.1 Å². The van der Waals surface area contributed by atoms with Gasteiger partial charge in [-0.2, -0.15) is 4.98 Å². The Morgan fingerprint density at radius 1 is 1.47 bits per heavy atom. The Bertz CT molecular complexity index is 385. The van der Waals surface area contributed by atoms with E-state index in [0.29, 0.717) is 30.7 Å². The van der Waals surface area contributed by atoms with Crippen molar-refractivity contribution in [3.8, 4) is 5.88 Å². The Morgan fingerprint density at radius 2 is 2.24 bits per heavy atom. The molecule has 0 aliphatic heterocycles. The third kappa shape index (κ3) is 5.63. The highest BCUT2D eigenvalue weighted by molar-refractivity contribution is 7.84. The van der Waals surface area contributed by atoms with Crippen molar-refractivity contribution in [2.24, 2.45) is 0 Å². The third-order valence-electron chi connectivity index (χ3n) is 2.01. The van der Waals surface area contributed by atoms with E-state index in [1.807, 2.05) is 13.8 Å². The summed E-state index contributed by atoms with van der Waals surface area (Å²) >= 11 is 0. The molecule has 96 valence electrons. The van der Waals surface area contributed by atoms with E-state index in [1.54, 1.807) is 12.3 Å². The van der Waals surface area contributed by atoms with E-state index < -0.39 is 10.8 Å². The summed E-state index contributed by atoms with van der Waals surface area (Å²) in [6, 6.07) is 1.80. The van der Waals surface area contributed by atoms with Gasteiger partial charge in [0.05, 0.1) is 6.61 Å². The Hall–Kier alpha value is -1.17. The predicted octanol–water partition coefficient (Wildman–Crippen LogP) is 1.36. The van der Waals surface area contributed by atoms with Gasteiger partial charge in [0.25, 0.3) is 0 Å². The molecule has 1 rings (SSSR count). The Kier molecular flexibility index (Phi) is 5.90. The average Bonchev–Trinajstić information content (AvgIpc) is 2.24. The van der Waals surface area contributed by atoms with Gasteiger partial charge < -0.3 is 10.1 Å². The summed E-state index contributed by atoms with van der Waals surface area (Å²) in [6.07, 6.45) is 2.54. The van der Waals surface area contributed by atoms with E-state index in [1.165, 1.54) is 0 Å². The fourth-order valence-electron chi connectivity index (χ4n) is 1.32. The van der Waals surface area contributed by atoms with Crippen LogP contribution < -0.4 is 10.1 Å². The third-order valence-corrected chi connectivity index (χ3v) is 2.88. The van der Waals surface area contributed by atoms with Crippen molar-refractivity contribution in [2.75, 3.05) is 30.5 Å². The minimum absolute atomic E-state index is 0.565. The van der Waals surface area contributed by atoms with Crippen LogP contribution in [0.3, 0.4) is 0 Å². The molecule has 0 saturated carbocycles. The Balaban J connectivity index is 2.49. The minimum atomic E-state index is -0.741. The van der Waals surface area contributed by atoms with Gasteiger partial charge in [0.1, 0.15) is 0 Å². The van der Waals surface area contributed by atoms with Crippen LogP contribution >= 0.6 is 0 Å². The molecule has 1 N–H and O–H groups in total. The summed E-state index contributed by atoms with van der Waals surface area (Å²) in [7, 11) is -0.741. The van der Waals surface area contributed by atoms with Gasteiger partial charge in [-0.3, -0.25) is 4.21 Å². The molecule has 0 bridgehead atoms. The van der Waals surface area contributed by atoms with Crippen molar-refractivity contribution in [2.45, 2.75) is 20.3 Å². The van der Waals surface area contributed by atoms with Crippen molar-refractivity contribution in [3.63, 3.8) is 0 Å². The smallest absolute Gasteiger partial charge is 0.226 e. The first kappa shape index (κ1) is 13.9. The highest BCUT2D eigenvalue weighted by Gasteiger charge is 2.02. The van der Waals surface area contributed by atoms with Crippen molar-refractivity contribution in [1.82, 2.24) is 9.97 Å². The first-order chi connectivity index (χ1) is 8.11. The second kappa shape index (κ2) is 7.21. The van der Waals surface area contributed by atoms with Crippen LogP contribution in [0.1, 0.15) is 19.0 Å². The maximum atomic E-state index is 10.9. The maximum Gasteiger partial charge on any atom is 0.226 e. The Morgan fingerprint density at radius 3 is 2.88 bits per heavy atom. The van der Waals surface area contributed by atoms with Crippen molar-refractivity contribution < 1.29 is 8.95 Å². The lowest BCUT2D eigenvalue weighted by Crippen LogP contribution is -2.10. The standard InChI is InChI=1S/C11H19N3O2S/c1-4-16-10-8-9(2)13-11(14-10)12-6-5-7-17(3)15/h8H,4-7H2,1-3H3,(H,12,13,14). The van der Waals surface area contributed by atoms with E-state index in [2.05, 4.69) is 15.3 Å². The number of aromatic nitrogens is 2. The number of hydrogen-bond acceptors (Lipinski definition) is 5. The van der Waals surface area contributed by atoms with Gasteiger partial charge >= 0.3 is 0 Å². The topological polar surface area (TPSA) is 64.1 Å². The lowest BCUT2D eigenvalue weighted by atomic mass is 10.4. The first-order valence-electron chi connectivity index (χ1n) is 5.64. The van der Waals surface area contributed by atoms with E-state index in [0.717, 1.165) is 12.1 Å². The zero-order valence-electron chi connectivity index (χ0n) is 10.5. The molecule has 0 aliphatic rings. The quantitative estimate of drug-likeness (QED) is 0.747. The summed E-state index contributed by atoms with van der Waals surface area (Å²) in [4.78, 5) is 8.47. The summed E-state index contributed by atoms with van der Waals surface area (Å²) < 4.78 is 16.2. The summed E-state index contributed by atoms with van der Waals surface area (Å²) in [5.41, 5.74) is 0.866.